The highest BCUT2D eigenvalue weighted by Gasteiger charge is 2.08. The van der Waals surface area contributed by atoms with Crippen LogP contribution < -0.4 is 0 Å². The molecule has 0 fully saturated rings. The highest BCUT2D eigenvalue weighted by atomic mass is 33.5. The normalized spacial score (nSPS) is 13.7. The molecule has 0 aromatic heterocycles. The van der Waals surface area contributed by atoms with Crippen molar-refractivity contribution < 1.29 is 10.2 Å². The predicted octanol–water partition coefficient (Wildman–Crippen LogP) is 4.22. The zero-order chi connectivity index (χ0) is 16.3. The first-order valence-electron chi connectivity index (χ1n) is 7.59. The molecule has 0 spiro atoms. The minimum Gasteiger partial charge on any atom is -0.392 e. The molecule has 0 bridgehead atoms. The van der Waals surface area contributed by atoms with Crippen LogP contribution in [0.25, 0.3) is 0 Å². The van der Waals surface area contributed by atoms with E-state index in [-0.39, 0.29) is 12.2 Å². The summed E-state index contributed by atoms with van der Waals surface area (Å²) in [4.78, 5) is 0. The Balaban J connectivity index is 1.53. The van der Waals surface area contributed by atoms with Crippen LogP contribution in [0.3, 0.4) is 0 Å². The van der Waals surface area contributed by atoms with Gasteiger partial charge in [0.2, 0.25) is 0 Å². The van der Waals surface area contributed by atoms with E-state index in [9.17, 15) is 10.2 Å². The van der Waals surface area contributed by atoms with Crippen molar-refractivity contribution in [1.82, 2.24) is 0 Å². The third-order valence-corrected chi connectivity index (χ3v) is 7.61. The molecule has 2 unspecified atom stereocenters. The van der Waals surface area contributed by atoms with Gasteiger partial charge >= 0.3 is 0 Å². The van der Waals surface area contributed by atoms with Gasteiger partial charge in [-0.1, -0.05) is 82.3 Å². The average Bonchev–Trinajstić information content (AvgIpc) is 2.56. The summed E-state index contributed by atoms with van der Waals surface area (Å²) in [5, 5.41) is 20.0. The van der Waals surface area contributed by atoms with Crippen LogP contribution in [0.15, 0.2) is 60.7 Å². The first-order valence-corrected chi connectivity index (χ1v) is 11.4. The van der Waals surface area contributed by atoms with E-state index in [0.717, 1.165) is 11.1 Å². The van der Waals surface area contributed by atoms with Gasteiger partial charge < -0.3 is 10.2 Å². The van der Waals surface area contributed by atoms with Gasteiger partial charge in [-0.25, -0.2) is 0 Å². The van der Waals surface area contributed by atoms with Crippen LogP contribution in [-0.2, 0) is 12.8 Å². The van der Waals surface area contributed by atoms with E-state index in [0.29, 0.717) is 24.3 Å². The van der Waals surface area contributed by atoms with Crippen molar-refractivity contribution in [2.75, 3.05) is 11.5 Å². The first kappa shape index (κ1) is 18.7. The summed E-state index contributed by atoms with van der Waals surface area (Å²) in [7, 11) is 4.94. The molecule has 0 heterocycles. The van der Waals surface area contributed by atoms with E-state index in [1.807, 2.05) is 60.7 Å². The molecule has 2 aromatic rings. The van der Waals surface area contributed by atoms with Crippen LogP contribution in [0.5, 0.6) is 0 Å². The van der Waals surface area contributed by atoms with Gasteiger partial charge in [0, 0.05) is 11.5 Å². The summed E-state index contributed by atoms with van der Waals surface area (Å²) >= 11 is 0. The highest BCUT2D eigenvalue weighted by molar-refractivity contribution is 9.09. The van der Waals surface area contributed by atoms with Crippen LogP contribution in [-0.4, -0.2) is 33.9 Å². The number of aliphatic hydroxyl groups is 2. The molecule has 2 nitrogen and oxygen atoms in total. The molecule has 0 radical (unpaired) electrons. The van der Waals surface area contributed by atoms with Crippen molar-refractivity contribution >= 4 is 31.4 Å². The van der Waals surface area contributed by atoms with Gasteiger partial charge in [0.1, 0.15) is 0 Å². The zero-order valence-electron chi connectivity index (χ0n) is 12.9. The number of aliphatic hydroxyl groups excluding tert-OH is 2. The Morgan fingerprint density at radius 1 is 0.652 bits per heavy atom. The Morgan fingerprint density at radius 2 is 1.04 bits per heavy atom. The van der Waals surface area contributed by atoms with Crippen LogP contribution >= 0.6 is 31.4 Å². The second kappa shape index (κ2) is 11.0. The minimum absolute atomic E-state index is 0.329. The van der Waals surface area contributed by atoms with Gasteiger partial charge in [0.05, 0.1) is 12.2 Å². The van der Waals surface area contributed by atoms with Gasteiger partial charge in [0.25, 0.3) is 0 Å². The molecule has 0 amide bonds. The second-order valence-corrected chi connectivity index (χ2v) is 9.65. The Hall–Kier alpha value is -0.590. The molecule has 2 rings (SSSR count). The lowest BCUT2D eigenvalue weighted by molar-refractivity contribution is 0.200. The Labute approximate surface area is 149 Å². The minimum atomic E-state index is -0.329. The van der Waals surface area contributed by atoms with E-state index in [2.05, 4.69) is 0 Å². The van der Waals surface area contributed by atoms with Crippen LogP contribution in [0, 0.1) is 0 Å². The summed E-state index contributed by atoms with van der Waals surface area (Å²) < 4.78 is 0. The maximum atomic E-state index is 10.0. The quantitative estimate of drug-likeness (QED) is 0.487. The molecule has 2 N–H and O–H groups in total. The SMILES string of the molecule is OC(CSSSCC(O)Cc1ccccc1)Cc1ccccc1. The van der Waals surface area contributed by atoms with E-state index in [1.165, 1.54) is 0 Å². The summed E-state index contributed by atoms with van der Waals surface area (Å²) in [6.07, 6.45) is 0.722. The van der Waals surface area contributed by atoms with E-state index < -0.39 is 0 Å². The molecule has 2 atom stereocenters. The third-order valence-electron chi connectivity index (χ3n) is 3.25. The van der Waals surface area contributed by atoms with Gasteiger partial charge in [-0.05, 0) is 33.8 Å². The fourth-order valence-electron chi connectivity index (χ4n) is 2.14. The topological polar surface area (TPSA) is 40.5 Å². The van der Waals surface area contributed by atoms with Crippen molar-refractivity contribution in [1.29, 1.82) is 0 Å². The van der Waals surface area contributed by atoms with Gasteiger partial charge in [-0.3, -0.25) is 0 Å². The number of benzene rings is 2. The summed E-state index contributed by atoms with van der Waals surface area (Å²) in [6.45, 7) is 0. The fourth-order valence-corrected chi connectivity index (χ4v) is 5.96. The van der Waals surface area contributed by atoms with Crippen molar-refractivity contribution in [2.45, 2.75) is 25.0 Å². The fraction of sp³-hybridized carbons (Fsp3) is 0.333. The lowest BCUT2D eigenvalue weighted by Crippen LogP contribution is -2.13. The van der Waals surface area contributed by atoms with E-state index in [1.54, 1.807) is 31.4 Å². The molecule has 0 saturated carbocycles. The maximum Gasteiger partial charge on any atom is 0.0679 e. The number of hydrogen-bond acceptors (Lipinski definition) is 5. The molecular weight excluding hydrogens is 344 g/mol. The predicted molar refractivity (Wildman–Crippen MR) is 105 cm³/mol. The molecule has 5 heteroatoms. The number of hydrogen-bond donors (Lipinski definition) is 2. The third kappa shape index (κ3) is 8.18. The van der Waals surface area contributed by atoms with Crippen LogP contribution in [0.4, 0.5) is 0 Å². The maximum absolute atomic E-state index is 10.0. The van der Waals surface area contributed by atoms with Gasteiger partial charge in [0.15, 0.2) is 0 Å². The van der Waals surface area contributed by atoms with Gasteiger partial charge in [-0.2, -0.15) is 0 Å². The summed E-state index contributed by atoms with van der Waals surface area (Å²) in [5.41, 5.74) is 2.33. The Kier molecular flexibility index (Phi) is 9.01. The van der Waals surface area contributed by atoms with Crippen molar-refractivity contribution in [3.05, 3.63) is 71.8 Å². The second-order valence-electron chi connectivity index (χ2n) is 5.32. The zero-order valence-corrected chi connectivity index (χ0v) is 15.3. The largest absolute Gasteiger partial charge is 0.392 e. The van der Waals surface area contributed by atoms with Crippen molar-refractivity contribution in [3.63, 3.8) is 0 Å². The first-order chi connectivity index (χ1) is 11.2. The molecule has 0 aliphatic rings. The van der Waals surface area contributed by atoms with Crippen LogP contribution in [0.1, 0.15) is 11.1 Å². The number of rotatable bonds is 10. The molecule has 2 aromatic carbocycles. The van der Waals surface area contributed by atoms with Crippen molar-refractivity contribution in [3.8, 4) is 0 Å². The standard InChI is InChI=1S/C18H22O2S3/c19-17(11-15-7-3-1-4-8-15)13-21-23-22-14-18(20)12-16-9-5-2-6-10-16/h1-10,17-20H,11-14H2. The molecule has 0 aliphatic heterocycles. The lowest BCUT2D eigenvalue weighted by atomic mass is 10.1. The average molecular weight is 367 g/mol. The lowest BCUT2D eigenvalue weighted by Gasteiger charge is -2.11. The molecule has 124 valence electrons. The highest BCUT2D eigenvalue weighted by Crippen LogP contribution is 2.35. The Bertz CT molecular complexity index is 487. The monoisotopic (exact) mass is 366 g/mol. The molecule has 23 heavy (non-hydrogen) atoms. The molecule has 0 saturated heterocycles. The van der Waals surface area contributed by atoms with E-state index >= 15 is 0 Å². The summed E-state index contributed by atoms with van der Waals surface area (Å²) in [5.74, 6) is 1.39. The molecule has 0 aliphatic carbocycles. The Morgan fingerprint density at radius 3 is 1.43 bits per heavy atom. The smallest absolute Gasteiger partial charge is 0.0679 e. The van der Waals surface area contributed by atoms with Crippen molar-refractivity contribution in [2.24, 2.45) is 0 Å². The van der Waals surface area contributed by atoms with E-state index in [4.69, 9.17) is 0 Å². The van der Waals surface area contributed by atoms with Gasteiger partial charge in [-0.15, -0.1) is 0 Å². The molecular formula is C18H22O2S3. The summed E-state index contributed by atoms with van der Waals surface area (Å²) in [6, 6.07) is 20.1. The van der Waals surface area contributed by atoms with Crippen LogP contribution in [0.2, 0.25) is 0 Å².